The van der Waals surface area contributed by atoms with Crippen molar-refractivity contribution in [3.8, 4) is 0 Å². The lowest BCUT2D eigenvalue weighted by Gasteiger charge is -2.26. The van der Waals surface area contributed by atoms with Crippen LogP contribution in [0.1, 0.15) is 110 Å². The highest BCUT2D eigenvalue weighted by atomic mass is 35.5. The minimum atomic E-state index is 0. The SMILES string of the molecule is CCCCCCCCCCCCCCCCCCN1CCOCC1.Cl. The minimum Gasteiger partial charge on any atom is -0.379 e. The van der Waals surface area contributed by atoms with Gasteiger partial charge in [-0.3, -0.25) is 4.90 Å². The van der Waals surface area contributed by atoms with Crippen molar-refractivity contribution < 1.29 is 4.74 Å². The predicted octanol–water partition coefficient (Wildman–Crippen LogP) is 7.00. The van der Waals surface area contributed by atoms with Gasteiger partial charge in [0, 0.05) is 13.1 Å². The summed E-state index contributed by atoms with van der Waals surface area (Å²) in [6.45, 7) is 7.78. The van der Waals surface area contributed by atoms with Gasteiger partial charge in [-0.1, -0.05) is 103 Å². The van der Waals surface area contributed by atoms with Crippen LogP contribution in [0.5, 0.6) is 0 Å². The fourth-order valence-corrected chi connectivity index (χ4v) is 3.71. The summed E-state index contributed by atoms with van der Waals surface area (Å²) in [5.41, 5.74) is 0. The van der Waals surface area contributed by atoms with Gasteiger partial charge < -0.3 is 4.74 Å². The number of nitrogens with zero attached hydrogens (tertiary/aromatic N) is 1. The first-order chi connectivity index (χ1) is 11.9. The number of halogens is 1. The number of rotatable bonds is 17. The predicted molar refractivity (Wildman–Crippen MR) is 114 cm³/mol. The van der Waals surface area contributed by atoms with E-state index in [9.17, 15) is 0 Å². The van der Waals surface area contributed by atoms with Crippen molar-refractivity contribution in [2.75, 3.05) is 32.8 Å². The minimum absolute atomic E-state index is 0. The van der Waals surface area contributed by atoms with Crippen LogP contribution in [0.2, 0.25) is 0 Å². The van der Waals surface area contributed by atoms with Crippen molar-refractivity contribution in [1.29, 1.82) is 0 Å². The standard InChI is InChI=1S/C22H45NO.ClH/c1-2-3-4-5-6-7-8-9-10-11-12-13-14-15-16-17-18-23-19-21-24-22-20-23;/h2-22H2,1H3;1H. The van der Waals surface area contributed by atoms with E-state index < -0.39 is 0 Å². The maximum atomic E-state index is 5.39. The van der Waals surface area contributed by atoms with Crippen molar-refractivity contribution in [3.05, 3.63) is 0 Å². The van der Waals surface area contributed by atoms with Gasteiger partial charge in [0.25, 0.3) is 0 Å². The zero-order valence-electron chi connectivity index (χ0n) is 17.1. The molecule has 1 aliphatic heterocycles. The molecule has 1 heterocycles. The Bertz CT molecular complexity index is 244. The Labute approximate surface area is 164 Å². The van der Waals surface area contributed by atoms with Crippen molar-refractivity contribution >= 4 is 12.4 Å². The summed E-state index contributed by atoms with van der Waals surface area (Å²) in [6, 6.07) is 0. The zero-order chi connectivity index (χ0) is 17.1. The first kappa shape index (κ1) is 25.2. The molecule has 25 heavy (non-hydrogen) atoms. The first-order valence-corrected chi connectivity index (χ1v) is 11.2. The second-order valence-electron chi connectivity index (χ2n) is 7.76. The third kappa shape index (κ3) is 17.4. The molecular weight excluding hydrogens is 330 g/mol. The van der Waals surface area contributed by atoms with Gasteiger partial charge in [-0.25, -0.2) is 0 Å². The second kappa shape index (κ2) is 20.5. The van der Waals surface area contributed by atoms with E-state index in [1.54, 1.807) is 0 Å². The average Bonchev–Trinajstić information content (AvgIpc) is 2.62. The summed E-state index contributed by atoms with van der Waals surface area (Å²) >= 11 is 0. The van der Waals surface area contributed by atoms with Gasteiger partial charge in [0.2, 0.25) is 0 Å². The molecule has 0 aromatic heterocycles. The van der Waals surface area contributed by atoms with Crippen LogP contribution in [0.3, 0.4) is 0 Å². The van der Waals surface area contributed by atoms with Crippen LogP contribution in [0.25, 0.3) is 0 Å². The molecule has 0 aromatic rings. The molecule has 0 bridgehead atoms. The monoisotopic (exact) mass is 375 g/mol. The molecule has 3 heteroatoms. The van der Waals surface area contributed by atoms with Crippen molar-refractivity contribution in [3.63, 3.8) is 0 Å². The van der Waals surface area contributed by atoms with Crippen molar-refractivity contribution in [1.82, 2.24) is 4.90 Å². The Morgan fingerprint density at radius 2 is 0.920 bits per heavy atom. The van der Waals surface area contributed by atoms with Crippen LogP contribution < -0.4 is 0 Å². The zero-order valence-corrected chi connectivity index (χ0v) is 17.9. The Hall–Kier alpha value is 0.210. The molecular formula is C22H46ClNO. The summed E-state index contributed by atoms with van der Waals surface area (Å²) in [7, 11) is 0. The molecule has 152 valence electrons. The summed E-state index contributed by atoms with van der Waals surface area (Å²) in [5, 5.41) is 0. The molecule has 0 N–H and O–H groups in total. The topological polar surface area (TPSA) is 12.5 Å². The maximum absolute atomic E-state index is 5.39. The van der Waals surface area contributed by atoms with Gasteiger partial charge in [0.15, 0.2) is 0 Å². The number of hydrogen-bond donors (Lipinski definition) is 0. The largest absolute Gasteiger partial charge is 0.379 e. The molecule has 0 atom stereocenters. The molecule has 1 fully saturated rings. The number of hydrogen-bond acceptors (Lipinski definition) is 2. The summed E-state index contributed by atoms with van der Waals surface area (Å²) in [5.74, 6) is 0. The van der Waals surface area contributed by atoms with Gasteiger partial charge in [-0.05, 0) is 13.0 Å². The lowest BCUT2D eigenvalue weighted by atomic mass is 10.0. The fraction of sp³-hybridized carbons (Fsp3) is 1.00. The van der Waals surface area contributed by atoms with Crippen molar-refractivity contribution in [2.45, 2.75) is 110 Å². The van der Waals surface area contributed by atoms with Crippen LogP contribution in [-0.2, 0) is 4.74 Å². The molecule has 0 saturated carbocycles. The van der Waals surface area contributed by atoms with Gasteiger partial charge in [-0.15, -0.1) is 12.4 Å². The van der Waals surface area contributed by atoms with Crippen LogP contribution in [-0.4, -0.2) is 37.7 Å². The van der Waals surface area contributed by atoms with E-state index in [2.05, 4.69) is 11.8 Å². The second-order valence-corrected chi connectivity index (χ2v) is 7.76. The Morgan fingerprint density at radius 3 is 1.32 bits per heavy atom. The normalized spacial score (nSPS) is 15.2. The summed E-state index contributed by atoms with van der Waals surface area (Å²) < 4.78 is 5.39. The Morgan fingerprint density at radius 1 is 0.560 bits per heavy atom. The number of unbranched alkanes of at least 4 members (excludes halogenated alkanes) is 15. The highest BCUT2D eigenvalue weighted by molar-refractivity contribution is 5.85. The van der Waals surface area contributed by atoms with Crippen LogP contribution >= 0.6 is 12.4 Å². The van der Waals surface area contributed by atoms with Crippen LogP contribution in [0.15, 0.2) is 0 Å². The van der Waals surface area contributed by atoms with Gasteiger partial charge in [-0.2, -0.15) is 0 Å². The molecule has 1 saturated heterocycles. The summed E-state index contributed by atoms with van der Waals surface area (Å²) in [6.07, 6.45) is 23.3. The van der Waals surface area contributed by atoms with E-state index in [0.717, 1.165) is 26.3 Å². The van der Waals surface area contributed by atoms with Gasteiger partial charge >= 0.3 is 0 Å². The molecule has 1 aliphatic rings. The lowest BCUT2D eigenvalue weighted by molar-refractivity contribution is 0.0371. The van der Waals surface area contributed by atoms with Gasteiger partial charge in [0.05, 0.1) is 13.2 Å². The van der Waals surface area contributed by atoms with E-state index in [4.69, 9.17) is 4.74 Å². The van der Waals surface area contributed by atoms with Crippen molar-refractivity contribution in [2.24, 2.45) is 0 Å². The molecule has 0 aliphatic carbocycles. The van der Waals surface area contributed by atoms with Crippen LogP contribution in [0, 0.1) is 0 Å². The molecule has 0 radical (unpaired) electrons. The van der Waals surface area contributed by atoms with E-state index in [-0.39, 0.29) is 12.4 Å². The summed E-state index contributed by atoms with van der Waals surface area (Å²) in [4.78, 5) is 2.56. The molecule has 0 spiro atoms. The average molecular weight is 376 g/mol. The quantitative estimate of drug-likeness (QED) is 0.254. The smallest absolute Gasteiger partial charge is 0.0594 e. The third-order valence-corrected chi connectivity index (χ3v) is 5.43. The van der Waals surface area contributed by atoms with E-state index in [0.29, 0.717) is 0 Å². The number of morpholine rings is 1. The lowest BCUT2D eigenvalue weighted by Crippen LogP contribution is -2.36. The molecule has 1 rings (SSSR count). The van der Waals surface area contributed by atoms with E-state index >= 15 is 0 Å². The van der Waals surface area contributed by atoms with Gasteiger partial charge in [0.1, 0.15) is 0 Å². The maximum Gasteiger partial charge on any atom is 0.0594 e. The Balaban J connectivity index is 0.00000576. The molecule has 0 amide bonds. The highest BCUT2D eigenvalue weighted by Crippen LogP contribution is 2.13. The highest BCUT2D eigenvalue weighted by Gasteiger charge is 2.08. The van der Waals surface area contributed by atoms with E-state index in [1.807, 2.05) is 0 Å². The molecule has 2 nitrogen and oxygen atoms in total. The molecule has 0 aromatic carbocycles. The number of ether oxygens (including phenoxy) is 1. The van der Waals surface area contributed by atoms with E-state index in [1.165, 1.54) is 109 Å². The Kier molecular flexibility index (Phi) is 20.7. The van der Waals surface area contributed by atoms with Crippen LogP contribution in [0.4, 0.5) is 0 Å². The fourth-order valence-electron chi connectivity index (χ4n) is 3.71. The third-order valence-electron chi connectivity index (χ3n) is 5.43. The first-order valence-electron chi connectivity index (χ1n) is 11.2. The molecule has 0 unspecified atom stereocenters.